The van der Waals surface area contributed by atoms with Gasteiger partial charge in [0.15, 0.2) is 16.7 Å². The van der Waals surface area contributed by atoms with Crippen LogP contribution in [0.4, 0.5) is 11.4 Å². The molecule has 1 heterocycles. The minimum atomic E-state index is -0.644. The quantitative estimate of drug-likeness (QED) is 0.356. The summed E-state index contributed by atoms with van der Waals surface area (Å²) < 4.78 is 10.7. The van der Waals surface area contributed by atoms with E-state index < -0.39 is 5.25 Å². The highest BCUT2D eigenvalue weighted by molar-refractivity contribution is 8.15. The topological polar surface area (TPSA) is 80.2 Å². The molecule has 1 atom stereocenters. The Morgan fingerprint density at radius 2 is 1.78 bits per heavy atom. The van der Waals surface area contributed by atoms with Crippen molar-refractivity contribution in [1.82, 2.24) is 4.90 Å². The molecule has 1 aliphatic rings. The van der Waals surface area contributed by atoms with Gasteiger partial charge in [-0.25, -0.2) is 4.99 Å². The third-order valence-corrected chi connectivity index (χ3v) is 7.32. The number of aliphatic imine (C=N–C) groups is 1. The zero-order chi connectivity index (χ0) is 26.4. The van der Waals surface area contributed by atoms with Crippen molar-refractivity contribution < 1.29 is 19.1 Å². The lowest BCUT2D eigenvalue weighted by Crippen LogP contribution is -2.46. The van der Waals surface area contributed by atoms with Gasteiger partial charge in [-0.1, -0.05) is 47.1 Å². The highest BCUT2D eigenvalue weighted by Gasteiger charge is 2.36. The van der Waals surface area contributed by atoms with Gasteiger partial charge in [-0.3, -0.25) is 14.5 Å². The molecule has 1 aliphatic heterocycles. The first kappa shape index (κ1) is 26.9. The number of nitrogens with zero attached hydrogens (tertiary/aromatic N) is 2. The summed E-state index contributed by atoms with van der Waals surface area (Å²) in [6.45, 7) is 0.385. The third kappa shape index (κ3) is 6.97. The summed E-state index contributed by atoms with van der Waals surface area (Å²) in [4.78, 5) is 32.6. The molecule has 2 amide bonds. The number of anilines is 1. The fourth-order valence-corrected chi connectivity index (χ4v) is 5.19. The van der Waals surface area contributed by atoms with Gasteiger partial charge >= 0.3 is 0 Å². The molecule has 37 heavy (non-hydrogen) atoms. The summed E-state index contributed by atoms with van der Waals surface area (Å²) in [6.07, 6.45) is 0.605. The molecule has 192 valence electrons. The van der Waals surface area contributed by atoms with Crippen LogP contribution in [0.15, 0.2) is 71.7 Å². The standard InChI is InChI=1S/C27H25Cl2N3O4S/c1-35-22-11-6-17(14-23(22)36-2)12-13-32-25(33)16-24(26(34)30-21-5-3-4-19(29)15-21)37-27(32)31-20-9-7-18(28)8-10-20/h3-11,14-15,24H,12-13,16H2,1-2H3,(H,30,34)/t24-/m1/s1. The lowest BCUT2D eigenvalue weighted by atomic mass is 10.1. The van der Waals surface area contributed by atoms with Crippen LogP contribution >= 0.6 is 35.0 Å². The summed E-state index contributed by atoms with van der Waals surface area (Å²) in [5, 5.41) is 3.75. The van der Waals surface area contributed by atoms with Crippen molar-refractivity contribution in [2.75, 3.05) is 26.1 Å². The van der Waals surface area contributed by atoms with Crippen LogP contribution in [0.5, 0.6) is 11.5 Å². The van der Waals surface area contributed by atoms with E-state index in [2.05, 4.69) is 5.32 Å². The van der Waals surface area contributed by atoms with Gasteiger partial charge in [0.05, 0.1) is 19.9 Å². The van der Waals surface area contributed by atoms with Crippen LogP contribution < -0.4 is 14.8 Å². The number of halogens is 2. The number of ether oxygens (including phenoxy) is 2. The number of carbonyl (C=O) groups excluding carboxylic acids is 2. The average Bonchev–Trinajstić information content (AvgIpc) is 2.89. The first-order valence-electron chi connectivity index (χ1n) is 11.4. The number of nitrogens with one attached hydrogen (secondary N) is 1. The summed E-state index contributed by atoms with van der Waals surface area (Å²) in [6, 6.07) is 19.5. The first-order chi connectivity index (χ1) is 17.9. The largest absolute Gasteiger partial charge is 0.493 e. The van der Waals surface area contributed by atoms with Crippen molar-refractivity contribution in [2.24, 2.45) is 4.99 Å². The van der Waals surface area contributed by atoms with Crippen molar-refractivity contribution in [3.8, 4) is 11.5 Å². The van der Waals surface area contributed by atoms with Gasteiger partial charge in [-0.05, 0) is 66.6 Å². The Morgan fingerprint density at radius 3 is 2.49 bits per heavy atom. The highest BCUT2D eigenvalue weighted by atomic mass is 35.5. The van der Waals surface area contributed by atoms with E-state index in [1.807, 2.05) is 18.2 Å². The van der Waals surface area contributed by atoms with Crippen LogP contribution in [0.3, 0.4) is 0 Å². The van der Waals surface area contributed by atoms with Crippen molar-refractivity contribution in [3.63, 3.8) is 0 Å². The summed E-state index contributed by atoms with van der Waals surface area (Å²) in [5.74, 6) is 0.781. The number of hydrogen-bond donors (Lipinski definition) is 1. The molecule has 1 N–H and O–H groups in total. The maximum atomic E-state index is 13.3. The normalized spacial score (nSPS) is 16.5. The minimum absolute atomic E-state index is 0.0443. The SMILES string of the molecule is COc1ccc(CCN2C(=O)C[C@H](C(=O)Nc3cccc(Cl)c3)SC2=Nc2ccc(Cl)cc2)cc1OC. The number of benzene rings is 3. The Bertz CT molecular complexity index is 1320. The van der Waals surface area contributed by atoms with Gasteiger partial charge in [0.25, 0.3) is 0 Å². The minimum Gasteiger partial charge on any atom is -0.493 e. The van der Waals surface area contributed by atoms with E-state index in [-0.39, 0.29) is 18.2 Å². The molecule has 3 aromatic carbocycles. The van der Waals surface area contributed by atoms with Crippen LogP contribution in [0, 0.1) is 0 Å². The molecule has 0 aromatic heterocycles. The molecule has 0 saturated carbocycles. The molecule has 0 aliphatic carbocycles. The molecule has 1 saturated heterocycles. The number of amidine groups is 1. The van der Waals surface area contributed by atoms with E-state index >= 15 is 0 Å². The fourth-order valence-electron chi connectivity index (χ4n) is 3.75. The fraction of sp³-hybridized carbons (Fsp3) is 0.222. The monoisotopic (exact) mass is 557 g/mol. The first-order valence-corrected chi connectivity index (χ1v) is 13.1. The molecule has 1 fully saturated rings. The van der Waals surface area contributed by atoms with Crippen molar-refractivity contribution in [2.45, 2.75) is 18.1 Å². The van der Waals surface area contributed by atoms with Gasteiger partial charge < -0.3 is 14.8 Å². The Morgan fingerprint density at radius 1 is 1.03 bits per heavy atom. The van der Waals surface area contributed by atoms with E-state index in [0.29, 0.717) is 51.1 Å². The second-order valence-corrected chi connectivity index (χ2v) is 10.2. The van der Waals surface area contributed by atoms with Gasteiger partial charge in [-0.2, -0.15) is 0 Å². The Kier molecular flexibility index (Phi) is 8.97. The second-order valence-electron chi connectivity index (χ2n) is 8.17. The summed E-state index contributed by atoms with van der Waals surface area (Å²) in [7, 11) is 3.16. The molecule has 10 heteroatoms. The van der Waals surface area contributed by atoms with Crippen molar-refractivity contribution in [1.29, 1.82) is 0 Å². The Labute approximate surface area is 229 Å². The number of thioether (sulfide) groups is 1. The molecule has 0 bridgehead atoms. The van der Waals surface area contributed by atoms with Gasteiger partial charge in [0, 0.05) is 28.7 Å². The van der Waals surface area contributed by atoms with E-state index in [1.54, 1.807) is 67.7 Å². The van der Waals surface area contributed by atoms with E-state index in [0.717, 1.165) is 5.56 Å². The molecule has 7 nitrogen and oxygen atoms in total. The molecule has 0 spiro atoms. The van der Waals surface area contributed by atoms with E-state index in [9.17, 15) is 9.59 Å². The smallest absolute Gasteiger partial charge is 0.238 e. The van der Waals surface area contributed by atoms with E-state index in [4.69, 9.17) is 37.7 Å². The number of rotatable bonds is 8. The second kappa shape index (κ2) is 12.4. The molecular formula is C27H25Cl2N3O4S. The molecule has 0 radical (unpaired) electrons. The Hall–Kier alpha value is -3.20. The number of amides is 2. The van der Waals surface area contributed by atoms with Gasteiger partial charge in [-0.15, -0.1) is 0 Å². The number of carbonyl (C=O) groups is 2. The highest BCUT2D eigenvalue weighted by Crippen LogP contribution is 2.32. The van der Waals surface area contributed by atoms with Crippen LogP contribution in [0.2, 0.25) is 10.0 Å². The van der Waals surface area contributed by atoms with Crippen molar-refractivity contribution in [3.05, 3.63) is 82.3 Å². The van der Waals surface area contributed by atoms with Crippen LogP contribution in [-0.4, -0.2) is 47.9 Å². The molecule has 4 rings (SSSR count). The average molecular weight is 558 g/mol. The molecule has 0 unspecified atom stereocenters. The van der Waals surface area contributed by atoms with Gasteiger partial charge in [0.1, 0.15) is 5.25 Å². The van der Waals surface area contributed by atoms with Crippen molar-refractivity contribution >= 4 is 63.3 Å². The van der Waals surface area contributed by atoms with Gasteiger partial charge in [0.2, 0.25) is 11.8 Å². The predicted octanol–water partition coefficient (Wildman–Crippen LogP) is 6.21. The zero-order valence-electron chi connectivity index (χ0n) is 20.2. The lowest BCUT2D eigenvalue weighted by molar-refractivity contribution is -0.129. The number of methoxy groups -OCH3 is 2. The predicted molar refractivity (Wildman–Crippen MR) is 150 cm³/mol. The molecular weight excluding hydrogens is 533 g/mol. The number of hydrogen-bond acceptors (Lipinski definition) is 6. The maximum Gasteiger partial charge on any atom is 0.238 e. The Balaban J connectivity index is 1.55. The summed E-state index contributed by atoms with van der Waals surface area (Å²) >= 11 is 13.3. The molecule has 3 aromatic rings. The van der Waals surface area contributed by atoms with Crippen LogP contribution in [0.25, 0.3) is 0 Å². The van der Waals surface area contributed by atoms with E-state index in [1.165, 1.54) is 11.8 Å². The third-order valence-electron chi connectivity index (χ3n) is 5.65. The lowest BCUT2D eigenvalue weighted by Gasteiger charge is -2.32. The van der Waals surface area contributed by atoms with Crippen LogP contribution in [0.1, 0.15) is 12.0 Å². The van der Waals surface area contributed by atoms with Crippen LogP contribution in [-0.2, 0) is 16.0 Å². The summed E-state index contributed by atoms with van der Waals surface area (Å²) in [5.41, 5.74) is 2.17. The maximum absolute atomic E-state index is 13.3. The zero-order valence-corrected chi connectivity index (χ0v) is 22.6.